The third-order valence-electron chi connectivity index (χ3n) is 6.55. The molecule has 2 N–H and O–H groups in total. The first kappa shape index (κ1) is 24.9. The van der Waals surface area contributed by atoms with Gasteiger partial charge >= 0.3 is 6.03 Å². The number of carbonyl (C=O) groups excluding carboxylic acids is 1. The Morgan fingerprint density at radius 3 is 2.46 bits per heavy atom. The Morgan fingerprint density at radius 1 is 1.09 bits per heavy atom. The van der Waals surface area contributed by atoms with Crippen LogP contribution in [0.25, 0.3) is 5.69 Å². The molecule has 4 rings (SSSR count). The lowest BCUT2D eigenvalue weighted by Gasteiger charge is -2.20. The maximum Gasteiger partial charge on any atom is 0.320 e. The molecule has 1 aromatic heterocycles. The standard InChI is InChI=1S/C28H37N5O2/c1-20-11-13-22(14-12-20)33-26(17-25(31-33)28(2,3)4)30-27(34)29-24-19-32(15-16-35-5)18-23(24)21-9-7-6-8-10-21/h6-14,17,23-24H,15-16,18-19H2,1-5H3,(H2,29,30,34)/t23-,24+/m0/s1. The van der Waals surface area contributed by atoms with E-state index >= 15 is 0 Å². The Hall–Kier alpha value is -3.16. The summed E-state index contributed by atoms with van der Waals surface area (Å²) in [4.78, 5) is 15.6. The number of aryl methyl sites for hydroxylation is 1. The molecule has 2 aromatic carbocycles. The van der Waals surface area contributed by atoms with Crippen LogP contribution in [0.2, 0.25) is 0 Å². The van der Waals surface area contributed by atoms with Crippen LogP contribution >= 0.6 is 0 Å². The Bertz CT molecular complexity index is 1120. The van der Waals surface area contributed by atoms with E-state index in [1.54, 1.807) is 7.11 Å². The summed E-state index contributed by atoms with van der Waals surface area (Å²) in [7, 11) is 1.72. The molecule has 0 radical (unpaired) electrons. The van der Waals surface area contributed by atoms with Crippen LogP contribution in [-0.2, 0) is 10.2 Å². The normalized spacial score (nSPS) is 18.5. The minimum Gasteiger partial charge on any atom is -0.383 e. The highest BCUT2D eigenvalue weighted by Gasteiger charge is 2.34. The van der Waals surface area contributed by atoms with Gasteiger partial charge in [0.05, 0.1) is 24.0 Å². The highest BCUT2D eigenvalue weighted by atomic mass is 16.5. The predicted molar refractivity (Wildman–Crippen MR) is 140 cm³/mol. The number of carbonyl (C=O) groups is 1. The van der Waals surface area contributed by atoms with Crippen molar-refractivity contribution < 1.29 is 9.53 Å². The van der Waals surface area contributed by atoms with Gasteiger partial charge in [-0.1, -0.05) is 68.8 Å². The number of hydrogen-bond acceptors (Lipinski definition) is 4. The molecule has 2 heterocycles. The lowest BCUT2D eigenvalue weighted by atomic mass is 9.92. The number of ether oxygens (including phenoxy) is 1. The van der Waals surface area contributed by atoms with Gasteiger partial charge in [-0.15, -0.1) is 0 Å². The summed E-state index contributed by atoms with van der Waals surface area (Å²) in [5.41, 5.74) is 4.10. The Labute approximate surface area is 208 Å². The summed E-state index contributed by atoms with van der Waals surface area (Å²) in [6.45, 7) is 11.6. The molecule has 2 atom stereocenters. The van der Waals surface area contributed by atoms with E-state index in [1.807, 2.05) is 28.9 Å². The third-order valence-corrected chi connectivity index (χ3v) is 6.55. The summed E-state index contributed by atoms with van der Waals surface area (Å²) >= 11 is 0. The molecular weight excluding hydrogens is 438 g/mol. The van der Waals surface area contributed by atoms with Crippen LogP contribution < -0.4 is 10.6 Å². The summed E-state index contributed by atoms with van der Waals surface area (Å²) in [6, 6.07) is 20.3. The number of anilines is 1. The van der Waals surface area contributed by atoms with Crippen molar-refractivity contribution in [2.24, 2.45) is 0 Å². The van der Waals surface area contributed by atoms with Gasteiger partial charge in [0.25, 0.3) is 0 Å². The smallest absolute Gasteiger partial charge is 0.320 e. The predicted octanol–water partition coefficient (Wildman–Crippen LogP) is 4.71. The number of amides is 2. The van der Waals surface area contributed by atoms with E-state index in [0.29, 0.717) is 12.4 Å². The Morgan fingerprint density at radius 2 is 1.80 bits per heavy atom. The number of nitrogens with zero attached hydrogens (tertiary/aromatic N) is 3. The van der Waals surface area contributed by atoms with E-state index in [0.717, 1.165) is 31.0 Å². The molecule has 0 saturated carbocycles. The second kappa shape index (κ2) is 10.6. The van der Waals surface area contributed by atoms with Crippen molar-refractivity contribution in [2.45, 2.75) is 45.1 Å². The number of urea groups is 1. The topological polar surface area (TPSA) is 71.4 Å². The molecule has 2 amide bonds. The van der Waals surface area contributed by atoms with Gasteiger partial charge in [0.1, 0.15) is 5.82 Å². The SMILES string of the molecule is COCCN1C[C@@H](NC(=O)Nc2cc(C(C)(C)C)nn2-c2ccc(C)cc2)[C@H](c2ccccc2)C1. The van der Waals surface area contributed by atoms with E-state index in [-0.39, 0.29) is 23.4 Å². The van der Waals surface area contributed by atoms with Crippen molar-refractivity contribution in [2.75, 3.05) is 38.7 Å². The summed E-state index contributed by atoms with van der Waals surface area (Å²) in [5, 5.41) is 11.2. The first-order valence-electron chi connectivity index (χ1n) is 12.3. The first-order chi connectivity index (χ1) is 16.7. The average Bonchev–Trinajstić information content (AvgIpc) is 3.43. The van der Waals surface area contributed by atoms with E-state index < -0.39 is 0 Å². The minimum atomic E-state index is -0.224. The molecule has 3 aromatic rings. The van der Waals surface area contributed by atoms with E-state index in [9.17, 15) is 4.79 Å². The highest BCUT2D eigenvalue weighted by molar-refractivity contribution is 5.89. The maximum atomic E-state index is 13.3. The van der Waals surface area contributed by atoms with Gasteiger partial charge < -0.3 is 10.1 Å². The van der Waals surface area contributed by atoms with Crippen LogP contribution in [0, 0.1) is 6.92 Å². The number of aromatic nitrogens is 2. The van der Waals surface area contributed by atoms with Crippen LogP contribution in [0.15, 0.2) is 60.7 Å². The van der Waals surface area contributed by atoms with Crippen molar-refractivity contribution in [1.82, 2.24) is 20.0 Å². The monoisotopic (exact) mass is 475 g/mol. The molecule has 0 spiro atoms. The zero-order valence-electron chi connectivity index (χ0n) is 21.4. The molecule has 0 aliphatic carbocycles. The number of nitrogens with one attached hydrogen (secondary N) is 2. The van der Waals surface area contributed by atoms with Gasteiger partial charge in [0.2, 0.25) is 0 Å². The van der Waals surface area contributed by atoms with Gasteiger partial charge in [-0.05, 0) is 24.6 Å². The van der Waals surface area contributed by atoms with Crippen LogP contribution in [0.3, 0.4) is 0 Å². The van der Waals surface area contributed by atoms with Crippen LogP contribution in [0.4, 0.5) is 10.6 Å². The average molecular weight is 476 g/mol. The van der Waals surface area contributed by atoms with Crippen molar-refractivity contribution in [3.8, 4) is 5.69 Å². The molecule has 1 saturated heterocycles. The lowest BCUT2D eigenvalue weighted by molar-refractivity contribution is 0.159. The number of benzene rings is 2. The Balaban J connectivity index is 1.54. The number of likely N-dealkylation sites (tertiary alicyclic amines) is 1. The number of hydrogen-bond donors (Lipinski definition) is 2. The zero-order valence-corrected chi connectivity index (χ0v) is 21.4. The van der Waals surface area contributed by atoms with Gasteiger partial charge in [-0.3, -0.25) is 10.2 Å². The Kier molecular flexibility index (Phi) is 7.57. The fraction of sp³-hybridized carbons (Fsp3) is 0.429. The molecule has 0 bridgehead atoms. The van der Waals surface area contributed by atoms with Gasteiger partial charge in [0.15, 0.2) is 0 Å². The molecule has 7 nitrogen and oxygen atoms in total. The molecule has 35 heavy (non-hydrogen) atoms. The van der Waals surface area contributed by atoms with E-state index in [4.69, 9.17) is 9.84 Å². The maximum absolute atomic E-state index is 13.3. The fourth-order valence-corrected chi connectivity index (χ4v) is 4.51. The van der Waals surface area contributed by atoms with Crippen LogP contribution in [0.1, 0.15) is 43.5 Å². The summed E-state index contributed by atoms with van der Waals surface area (Å²) in [6.07, 6.45) is 0. The van der Waals surface area contributed by atoms with Gasteiger partial charge in [-0.25, -0.2) is 9.48 Å². The highest BCUT2D eigenvalue weighted by Crippen LogP contribution is 2.29. The first-order valence-corrected chi connectivity index (χ1v) is 12.3. The van der Waals surface area contributed by atoms with Crippen LogP contribution in [0.5, 0.6) is 0 Å². The van der Waals surface area contributed by atoms with E-state index in [2.05, 4.69) is 79.6 Å². The van der Waals surface area contributed by atoms with Crippen molar-refractivity contribution >= 4 is 11.8 Å². The van der Waals surface area contributed by atoms with Crippen molar-refractivity contribution in [1.29, 1.82) is 0 Å². The minimum absolute atomic E-state index is 0.00733. The fourth-order valence-electron chi connectivity index (χ4n) is 4.51. The van der Waals surface area contributed by atoms with Gasteiger partial charge in [-0.2, -0.15) is 5.10 Å². The summed E-state index contributed by atoms with van der Waals surface area (Å²) < 4.78 is 7.09. The van der Waals surface area contributed by atoms with E-state index in [1.165, 1.54) is 11.1 Å². The molecule has 186 valence electrons. The molecule has 7 heteroatoms. The van der Waals surface area contributed by atoms with Gasteiger partial charge in [0, 0.05) is 44.1 Å². The second-order valence-electron chi connectivity index (χ2n) is 10.4. The largest absolute Gasteiger partial charge is 0.383 e. The third kappa shape index (κ3) is 6.10. The summed E-state index contributed by atoms with van der Waals surface area (Å²) in [5.74, 6) is 0.868. The quantitative estimate of drug-likeness (QED) is 0.519. The van der Waals surface area contributed by atoms with Crippen molar-refractivity contribution in [3.63, 3.8) is 0 Å². The zero-order chi connectivity index (χ0) is 25.0. The second-order valence-corrected chi connectivity index (χ2v) is 10.4. The molecule has 0 unspecified atom stereocenters. The molecule has 1 aliphatic heterocycles. The molecular formula is C28H37N5O2. The number of rotatable bonds is 7. The molecule has 1 fully saturated rings. The molecule has 1 aliphatic rings. The lowest BCUT2D eigenvalue weighted by Crippen LogP contribution is -2.42. The van der Waals surface area contributed by atoms with Crippen molar-refractivity contribution in [3.05, 3.63) is 77.5 Å². The number of methoxy groups -OCH3 is 1. The van der Waals surface area contributed by atoms with Crippen LogP contribution in [-0.4, -0.2) is 60.1 Å².